The molecule has 0 nitrogen and oxygen atoms in total. The largest absolute Gasteiger partial charge is 0.121 e. The normalized spacial score (nSPS) is 25.3. The summed E-state index contributed by atoms with van der Waals surface area (Å²) < 4.78 is 32.1. The van der Waals surface area contributed by atoms with E-state index in [1.54, 1.807) is 0 Å². The molecule has 0 atom stereocenters. The lowest BCUT2D eigenvalue weighted by atomic mass is 10.00. The highest BCUT2D eigenvalue weighted by Gasteiger charge is 2.39. The zero-order valence-electron chi connectivity index (χ0n) is 34.2. The van der Waals surface area contributed by atoms with E-state index in [4.69, 9.17) is 0 Å². The molecule has 0 aromatic rings. The predicted octanol–water partition coefficient (Wildman–Crippen LogP) is 24.0. The molecule has 0 amide bonds. The van der Waals surface area contributed by atoms with Gasteiger partial charge in [0.15, 0.2) is 0 Å². The number of hydrogen-bond donors (Lipinski definition) is 0. The molecule has 0 saturated heterocycles. The Hall–Kier alpha value is 3.98. The highest BCUT2D eigenvalue weighted by atomic mass is 32.3. The summed E-state index contributed by atoms with van der Waals surface area (Å²) >= 11 is 47.0. The van der Waals surface area contributed by atoms with Gasteiger partial charge in [0, 0.05) is 0 Å². The molecule has 340 valence electrons. The summed E-state index contributed by atoms with van der Waals surface area (Å²) in [7, 11) is 0. The monoisotopic (exact) mass is 1300 g/mol. The Morgan fingerprint density at radius 2 is 0.439 bits per heavy atom. The minimum atomic E-state index is 1.13. The van der Waals surface area contributed by atoms with Crippen molar-refractivity contribution in [3.63, 3.8) is 0 Å². The van der Waals surface area contributed by atoms with Crippen molar-refractivity contribution in [1.29, 1.82) is 0 Å². The summed E-state index contributed by atoms with van der Waals surface area (Å²) in [6.45, 7) is 0. The fourth-order valence-corrected chi connectivity index (χ4v) is 41.9. The van der Waals surface area contributed by atoms with Crippen LogP contribution in [0.5, 0.6) is 0 Å². The zero-order chi connectivity index (χ0) is 44.5. The van der Waals surface area contributed by atoms with E-state index >= 15 is 0 Å². The van der Waals surface area contributed by atoms with Gasteiger partial charge in [-0.1, -0.05) is 260 Å². The lowest BCUT2D eigenvalue weighted by Crippen LogP contribution is -1.93. The van der Waals surface area contributed by atoms with Gasteiger partial charge in [-0.05, 0) is 97.3 Å². The highest BCUT2D eigenvalue weighted by molar-refractivity contribution is 8.52. The molecular weight excluding hydrogens is 1270 g/mol. The quantitative estimate of drug-likeness (QED) is 0.248. The molecule has 12 aliphatic rings. The molecule has 0 aromatic carbocycles. The van der Waals surface area contributed by atoms with Crippen LogP contribution in [0.1, 0.15) is 25.7 Å². The third-order valence-corrected chi connectivity index (χ3v) is 43.3. The third kappa shape index (κ3) is 11.1. The van der Waals surface area contributed by atoms with Gasteiger partial charge in [0.2, 0.25) is 0 Å². The summed E-state index contributed by atoms with van der Waals surface area (Å²) in [6, 6.07) is 0. The van der Waals surface area contributed by atoms with Crippen LogP contribution in [-0.2, 0) is 0 Å². The van der Waals surface area contributed by atoms with Crippen molar-refractivity contribution < 1.29 is 0 Å². The van der Waals surface area contributed by atoms with Crippen LogP contribution in [-0.4, -0.2) is 25.0 Å². The van der Waals surface area contributed by atoms with Gasteiger partial charge in [-0.3, -0.25) is 0 Å². The standard InChI is InChI=1S/C42H28S24/c1-43-29-30(44-2)48-21(47-29)13-15-23-51-33-34(52-23)56-25(55-33)17-5-9-19(10-6-17)27-59-37-38(60-27)64-41(63-37)42-65-39-40(66-42)62-28(61-39)20-11-7-18(8-12-20)26-57-35-36(58-26)54-24(53-35)16-14-22-49-31(45-3)32(46-4)50-22/h5,7,9,11,13-16H,6,8,10,12H2,1-4H3. The first kappa shape index (κ1) is 50.8. The van der Waals surface area contributed by atoms with E-state index in [9.17, 15) is 0 Å². The van der Waals surface area contributed by atoms with Crippen LogP contribution in [0.2, 0.25) is 0 Å². The van der Waals surface area contributed by atoms with Crippen LogP contribution in [0.25, 0.3) is 0 Å². The Bertz CT molecular complexity index is 2520. The summed E-state index contributed by atoms with van der Waals surface area (Å²) in [5.74, 6) is 0. The Morgan fingerprint density at radius 3 is 0.636 bits per heavy atom. The first-order valence-corrected chi connectivity index (χ1v) is 40.7. The first-order valence-electron chi connectivity index (χ1n) is 19.4. The second-order valence-electron chi connectivity index (χ2n) is 13.7. The molecule has 0 spiro atoms. The van der Waals surface area contributed by atoms with Crippen LogP contribution in [0.15, 0.2) is 164 Å². The molecule has 0 fully saturated rings. The number of thioether (sulfide) groups is 24. The van der Waals surface area contributed by atoms with Crippen molar-refractivity contribution in [3.8, 4) is 0 Å². The van der Waals surface area contributed by atoms with Gasteiger partial charge in [0.1, 0.15) is 0 Å². The maximum atomic E-state index is 2.42. The molecule has 10 heterocycles. The van der Waals surface area contributed by atoms with E-state index in [1.165, 1.54) is 116 Å². The maximum Gasteiger partial charge on any atom is 0.0718 e. The first-order chi connectivity index (χ1) is 32.4. The molecule has 0 N–H and O–H groups in total. The van der Waals surface area contributed by atoms with E-state index in [0.29, 0.717) is 0 Å². The number of allylic oxidation sites excluding steroid dienone is 12. The Labute approximate surface area is 489 Å². The van der Waals surface area contributed by atoms with E-state index < -0.39 is 0 Å². The third-order valence-electron chi connectivity index (χ3n) is 9.74. The van der Waals surface area contributed by atoms with Crippen molar-refractivity contribution in [2.75, 3.05) is 25.0 Å². The fourth-order valence-electron chi connectivity index (χ4n) is 6.64. The van der Waals surface area contributed by atoms with Crippen molar-refractivity contribution >= 4 is 282 Å². The van der Waals surface area contributed by atoms with Gasteiger partial charge in [-0.15, -0.1) is 47.0 Å². The number of rotatable bonds is 6. The van der Waals surface area contributed by atoms with Gasteiger partial charge in [-0.25, -0.2) is 0 Å². The molecule has 0 bridgehead atoms. The summed E-state index contributed by atoms with van der Waals surface area (Å²) in [4.78, 5) is 0. The maximum absolute atomic E-state index is 2.42. The van der Waals surface area contributed by atoms with E-state index in [-0.39, 0.29) is 0 Å². The molecule has 12 rings (SSSR count). The topological polar surface area (TPSA) is 0 Å². The molecule has 0 radical (unpaired) electrons. The van der Waals surface area contributed by atoms with Crippen molar-refractivity contribution in [3.05, 3.63) is 164 Å². The molecular formula is C42H28S24. The summed E-state index contributed by atoms with van der Waals surface area (Å²) in [6.07, 6.45) is 32.2. The Morgan fingerprint density at radius 1 is 0.258 bits per heavy atom. The predicted molar refractivity (Wildman–Crippen MR) is 352 cm³/mol. The van der Waals surface area contributed by atoms with Crippen LogP contribution in [0.3, 0.4) is 0 Å². The Kier molecular flexibility index (Phi) is 17.6. The second kappa shape index (κ2) is 22.9. The van der Waals surface area contributed by atoms with E-state index in [0.717, 1.165) is 25.7 Å². The van der Waals surface area contributed by atoms with Gasteiger partial charge in [0.25, 0.3) is 0 Å². The smallest absolute Gasteiger partial charge is 0.0718 e. The van der Waals surface area contributed by atoms with Crippen LogP contribution < -0.4 is 0 Å². The molecule has 10 aliphatic heterocycles. The second-order valence-corrected chi connectivity index (χ2v) is 43.4. The SMILES string of the molecule is CSC1=C(SC)SC(=CC=C2SC3=C(S2)SC(=C2C=CC(=C4SC5=C(S4)SC(=C4SC6=C(SC(=C7C=CC(=C8SC9=C(SC(=CC=C%10SC(SC)=C(SC)S%10)S9)S8)CC7)S6)S4)S5)CC2)S3)S1. The van der Waals surface area contributed by atoms with E-state index in [2.05, 4.69) is 73.6 Å². The molecule has 24 heteroatoms. The van der Waals surface area contributed by atoms with Crippen LogP contribution >= 0.6 is 282 Å². The van der Waals surface area contributed by atoms with Gasteiger partial charge in [0.05, 0.1) is 93.2 Å². The lowest BCUT2D eigenvalue weighted by molar-refractivity contribution is 0.949. The van der Waals surface area contributed by atoms with Crippen LogP contribution in [0.4, 0.5) is 0 Å². The Balaban J connectivity index is 0.601. The van der Waals surface area contributed by atoms with Crippen LogP contribution in [0, 0.1) is 0 Å². The number of hydrogen-bond acceptors (Lipinski definition) is 24. The lowest BCUT2D eigenvalue weighted by Gasteiger charge is -2.16. The summed E-state index contributed by atoms with van der Waals surface area (Å²) in [5.41, 5.74) is 6.05. The minimum Gasteiger partial charge on any atom is -0.121 e. The van der Waals surface area contributed by atoms with Crippen molar-refractivity contribution in [2.24, 2.45) is 0 Å². The molecule has 0 unspecified atom stereocenters. The zero-order valence-corrected chi connectivity index (χ0v) is 53.8. The van der Waals surface area contributed by atoms with Gasteiger partial charge < -0.3 is 0 Å². The minimum absolute atomic E-state index is 1.13. The molecule has 0 saturated carbocycles. The fraction of sp³-hybridized carbons (Fsp3) is 0.190. The summed E-state index contributed by atoms with van der Waals surface area (Å²) in [5, 5.41) is 0. The van der Waals surface area contributed by atoms with Crippen molar-refractivity contribution in [2.45, 2.75) is 25.7 Å². The molecule has 66 heavy (non-hydrogen) atoms. The molecule has 0 aromatic heterocycles. The average molecular weight is 1300 g/mol. The van der Waals surface area contributed by atoms with Crippen molar-refractivity contribution in [1.82, 2.24) is 0 Å². The van der Waals surface area contributed by atoms with Gasteiger partial charge in [-0.2, -0.15) is 0 Å². The molecule has 2 aliphatic carbocycles. The highest BCUT2D eigenvalue weighted by Crippen LogP contribution is 2.75. The van der Waals surface area contributed by atoms with E-state index in [1.807, 2.05) is 282 Å². The van der Waals surface area contributed by atoms with Gasteiger partial charge >= 0.3 is 0 Å². The average Bonchev–Trinajstić information content (AvgIpc) is 4.18.